The molecule has 1 saturated heterocycles. The lowest BCUT2D eigenvalue weighted by atomic mass is 9.80. The highest BCUT2D eigenvalue weighted by Gasteiger charge is 2.46. The summed E-state index contributed by atoms with van der Waals surface area (Å²) in [6.45, 7) is 8.31. The number of halogens is 1. The maximum atomic E-state index is 13.1. The van der Waals surface area contributed by atoms with E-state index in [0.29, 0.717) is 30.1 Å². The lowest BCUT2D eigenvalue weighted by Crippen LogP contribution is -2.53. The minimum Gasteiger partial charge on any atom is -0.438 e. The maximum absolute atomic E-state index is 13.1. The molecule has 1 aliphatic carbocycles. The van der Waals surface area contributed by atoms with Crippen molar-refractivity contribution in [2.24, 2.45) is 5.92 Å². The second-order valence-corrected chi connectivity index (χ2v) is 9.72. The van der Waals surface area contributed by atoms with Gasteiger partial charge >= 0.3 is 6.09 Å². The largest absolute Gasteiger partial charge is 0.438 e. The molecule has 1 heterocycles. The first-order valence-corrected chi connectivity index (χ1v) is 10.8. The number of cyclic esters (lactones) is 1. The molecule has 3 rings (SSSR count). The quantitative estimate of drug-likeness (QED) is 0.633. The van der Waals surface area contributed by atoms with Crippen molar-refractivity contribution in [2.45, 2.75) is 62.6 Å². The van der Waals surface area contributed by atoms with Crippen molar-refractivity contribution in [3.05, 3.63) is 59.7 Å². The molecule has 1 aliphatic heterocycles. The smallest absolute Gasteiger partial charge is 0.411 e. The molecule has 4 nitrogen and oxygen atoms in total. The van der Waals surface area contributed by atoms with E-state index in [1.165, 1.54) is 0 Å². The van der Waals surface area contributed by atoms with Gasteiger partial charge in [-0.3, -0.25) is 0 Å². The standard InChI is InChI=1S/C23H30BrNO3/c1-16-14-18(10-11-20(16)24)17(2)25-13-12-23(28-21(25)26,15-22(3,4)27)19-8-6-5-7-9-19/h5-11,14,16-17,20,27H,12-13,15H2,1-4H3/t16?,17-,20?,23-/m0/s1. The van der Waals surface area contributed by atoms with E-state index in [4.69, 9.17) is 4.74 Å². The number of hydrogen-bond donors (Lipinski definition) is 1. The SMILES string of the molecule is CC1C=C([C@H](C)N2CC[C@](CC(C)(C)O)(c3ccccc3)OC2=O)C=CC1Br. The Morgan fingerprint density at radius 1 is 1.36 bits per heavy atom. The van der Waals surface area contributed by atoms with Crippen LogP contribution in [0.3, 0.4) is 0 Å². The van der Waals surface area contributed by atoms with Crippen LogP contribution in [0, 0.1) is 5.92 Å². The summed E-state index contributed by atoms with van der Waals surface area (Å²) in [5.41, 5.74) is 0.316. The number of hydrogen-bond acceptors (Lipinski definition) is 3. The van der Waals surface area contributed by atoms with Crippen LogP contribution in [0.15, 0.2) is 54.1 Å². The van der Waals surface area contributed by atoms with Crippen molar-refractivity contribution in [1.82, 2.24) is 4.90 Å². The number of allylic oxidation sites excluding steroid dienone is 2. The molecule has 152 valence electrons. The molecule has 1 aromatic carbocycles. The average molecular weight is 448 g/mol. The Kier molecular flexibility index (Phi) is 6.06. The van der Waals surface area contributed by atoms with Crippen LogP contribution in [-0.4, -0.2) is 39.1 Å². The van der Waals surface area contributed by atoms with Crippen LogP contribution in [0.4, 0.5) is 4.79 Å². The van der Waals surface area contributed by atoms with Gasteiger partial charge in [0.25, 0.3) is 0 Å². The zero-order chi connectivity index (χ0) is 20.5. The predicted molar refractivity (Wildman–Crippen MR) is 115 cm³/mol. The summed E-state index contributed by atoms with van der Waals surface area (Å²) in [4.78, 5) is 15.2. The van der Waals surface area contributed by atoms with Crippen LogP contribution < -0.4 is 0 Å². The number of amides is 1. The van der Waals surface area contributed by atoms with Gasteiger partial charge in [0, 0.05) is 24.2 Å². The second kappa shape index (κ2) is 8.03. The molecular weight excluding hydrogens is 418 g/mol. The van der Waals surface area contributed by atoms with Gasteiger partial charge in [-0.2, -0.15) is 0 Å². The van der Waals surface area contributed by atoms with Gasteiger partial charge in [0.15, 0.2) is 0 Å². The summed E-state index contributed by atoms with van der Waals surface area (Å²) >= 11 is 3.65. The molecule has 0 bridgehead atoms. The highest BCUT2D eigenvalue weighted by Crippen LogP contribution is 2.41. The number of carbonyl (C=O) groups is 1. The van der Waals surface area contributed by atoms with Crippen LogP contribution in [0.2, 0.25) is 0 Å². The summed E-state index contributed by atoms with van der Waals surface area (Å²) in [5.74, 6) is 0.377. The van der Waals surface area contributed by atoms with Gasteiger partial charge in [-0.15, -0.1) is 0 Å². The molecular formula is C23H30BrNO3. The zero-order valence-electron chi connectivity index (χ0n) is 17.1. The van der Waals surface area contributed by atoms with E-state index < -0.39 is 11.2 Å². The molecule has 0 radical (unpaired) electrons. The second-order valence-electron chi connectivity index (χ2n) is 8.67. The summed E-state index contributed by atoms with van der Waals surface area (Å²) in [7, 11) is 0. The molecule has 1 fully saturated rings. The monoisotopic (exact) mass is 447 g/mol. The molecule has 0 spiro atoms. The summed E-state index contributed by atoms with van der Waals surface area (Å²) < 4.78 is 6.08. The first-order valence-electron chi connectivity index (χ1n) is 9.93. The van der Waals surface area contributed by atoms with E-state index in [9.17, 15) is 9.90 Å². The van der Waals surface area contributed by atoms with Crippen molar-refractivity contribution in [3.8, 4) is 0 Å². The van der Waals surface area contributed by atoms with Crippen LogP contribution >= 0.6 is 15.9 Å². The minimum absolute atomic E-state index is 0.0536. The fourth-order valence-electron chi connectivity index (χ4n) is 4.18. The topological polar surface area (TPSA) is 49.8 Å². The Morgan fingerprint density at radius 2 is 2.04 bits per heavy atom. The third-order valence-electron chi connectivity index (χ3n) is 5.67. The van der Waals surface area contributed by atoms with Crippen LogP contribution in [-0.2, 0) is 10.3 Å². The highest BCUT2D eigenvalue weighted by molar-refractivity contribution is 9.09. The molecule has 28 heavy (non-hydrogen) atoms. The minimum atomic E-state index is -0.946. The van der Waals surface area contributed by atoms with E-state index in [1.807, 2.05) is 37.3 Å². The lowest BCUT2D eigenvalue weighted by molar-refractivity contribution is -0.0989. The number of alkyl halides is 1. The highest BCUT2D eigenvalue weighted by atomic mass is 79.9. The number of ether oxygens (including phenoxy) is 1. The van der Waals surface area contributed by atoms with E-state index in [-0.39, 0.29) is 12.1 Å². The van der Waals surface area contributed by atoms with E-state index >= 15 is 0 Å². The van der Waals surface area contributed by atoms with Crippen LogP contribution in [0.25, 0.3) is 0 Å². The predicted octanol–water partition coefficient (Wildman–Crippen LogP) is 5.17. The number of aliphatic hydroxyl groups is 1. The third-order valence-corrected chi connectivity index (χ3v) is 6.81. The summed E-state index contributed by atoms with van der Waals surface area (Å²) in [6.07, 6.45) is 7.12. The van der Waals surface area contributed by atoms with Crippen LogP contribution in [0.5, 0.6) is 0 Å². The fourth-order valence-corrected chi connectivity index (χ4v) is 4.48. The summed E-state index contributed by atoms with van der Waals surface area (Å²) in [5, 5.41) is 10.5. The van der Waals surface area contributed by atoms with Crippen molar-refractivity contribution in [3.63, 3.8) is 0 Å². The molecule has 0 aromatic heterocycles. The Balaban J connectivity index is 1.83. The first-order chi connectivity index (χ1) is 13.1. The molecule has 1 N–H and O–H groups in total. The molecule has 2 unspecified atom stereocenters. The van der Waals surface area contributed by atoms with Crippen molar-refractivity contribution < 1.29 is 14.6 Å². The molecule has 2 aliphatic rings. The van der Waals surface area contributed by atoms with Gasteiger partial charge in [0.2, 0.25) is 0 Å². The molecule has 1 aromatic rings. The van der Waals surface area contributed by atoms with Gasteiger partial charge in [0.1, 0.15) is 5.60 Å². The number of nitrogens with zero attached hydrogens (tertiary/aromatic N) is 1. The zero-order valence-corrected chi connectivity index (χ0v) is 18.6. The van der Waals surface area contributed by atoms with Gasteiger partial charge in [-0.25, -0.2) is 4.79 Å². The molecule has 5 heteroatoms. The van der Waals surface area contributed by atoms with Crippen molar-refractivity contribution >= 4 is 22.0 Å². The van der Waals surface area contributed by atoms with Crippen molar-refractivity contribution in [2.75, 3.05) is 6.54 Å². The maximum Gasteiger partial charge on any atom is 0.411 e. The number of rotatable bonds is 5. The van der Waals surface area contributed by atoms with E-state index in [1.54, 1.807) is 18.7 Å². The van der Waals surface area contributed by atoms with Gasteiger partial charge in [-0.05, 0) is 37.8 Å². The van der Waals surface area contributed by atoms with E-state index in [0.717, 1.165) is 11.1 Å². The Labute approximate surface area is 176 Å². The molecule has 4 atom stereocenters. The first kappa shape index (κ1) is 21.1. The average Bonchev–Trinajstić information content (AvgIpc) is 2.63. The van der Waals surface area contributed by atoms with E-state index in [2.05, 4.69) is 41.1 Å². The van der Waals surface area contributed by atoms with Gasteiger partial charge in [-0.1, -0.05) is 71.4 Å². The Morgan fingerprint density at radius 3 is 2.61 bits per heavy atom. The molecule has 1 amide bonds. The Hall–Kier alpha value is -1.59. The normalized spacial score (nSPS) is 29.3. The van der Waals surface area contributed by atoms with Crippen molar-refractivity contribution in [1.29, 1.82) is 0 Å². The fraction of sp³-hybridized carbons (Fsp3) is 0.522. The number of benzene rings is 1. The summed E-state index contributed by atoms with van der Waals surface area (Å²) in [6, 6.07) is 9.73. The third kappa shape index (κ3) is 4.52. The molecule has 0 saturated carbocycles. The lowest BCUT2D eigenvalue weighted by Gasteiger charge is -2.45. The van der Waals surface area contributed by atoms with Gasteiger partial charge in [0.05, 0.1) is 11.6 Å². The number of carbonyl (C=O) groups excluding carboxylic acids is 1. The van der Waals surface area contributed by atoms with Gasteiger partial charge < -0.3 is 14.7 Å². The van der Waals surface area contributed by atoms with Crippen LogP contribution in [0.1, 0.15) is 46.1 Å². The Bertz CT molecular complexity index is 768.